The Balaban J connectivity index is 1.89. The van der Waals surface area contributed by atoms with E-state index >= 15 is 0 Å². The highest BCUT2D eigenvalue weighted by molar-refractivity contribution is 7.16. The summed E-state index contributed by atoms with van der Waals surface area (Å²) >= 11 is 1.46. The highest BCUT2D eigenvalue weighted by Crippen LogP contribution is 2.24. The van der Waals surface area contributed by atoms with Gasteiger partial charge in [-0.25, -0.2) is 9.37 Å². The van der Waals surface area contributed by atoms with Gasteiger partial charge in [-0.1, -0.05) is 0 Å². The number of nitrogens with one attached hydrogen (secondary N) is 1. The lowest BCUT2D eigenvalue weighted by Gasteiger charge is -2.07. The van der Waals surface area contributed by atoms with E-state index in [4.69, 9.17) is 0 Å². The fraction of sp³-hybridized carbons (Fsp3) is 0. The van der Waals surface area contributed by atoms with Crippen LogP contribution in [0, 0.1) is 5.82 Å². The molecule has 0 spiro atoms. The molecule has 0 saturated heterocycles. The summed E-state index contributed by atoms with van der Waals surface area (Å²) in [6.07, 6.45) is 0. The van der Waals surface area contributed by atoms with Gasteiger partial charge in [0.05, 0.1) is 21.3 Å². The van der Waals surface area contributed by atoms with Crippen molar-refractivity contribution in [3.63, 3.8) is 0 Å². The van der Waals surface area contributed by atoms with E-state index in [9.17, 15) is 14.3 Å². The van der Waals surface area contributed by atoms with Gasteiger partial charge in [0.2, 0.25) is 0 Å². The Morgan fingerprint density at radius 2 is 2.10 bits per heavy atom. The average molecular weight is 288 g/mol. The van der Waals surface area contributed by atoms with E-state index < -0.39 is 11.7 Å². The number of fused-ring (bicyclic) bond motifs is 1. The summed E-state index contributed by atoms with van der Waals surface area (Å²) < 4.78 is 14.1. The molecule has 0 aliphatic carbocycles. The first-order valence-electron chi connectivity index (χ1n) is 5.76. The van der Waals surface area contributed by atoms with Gasteiger partial charge in [-0.15, -0.1) is 11.3 Å². The lowest BCUT2D eigenvalue weighted by molar-refractivity contribution is 0.102. The largest absolute Gasteiger partial charge is 0.507 e. The smallest absolute Gasteiger partial charge is 0.259 e. The Morgan fingerprint density at radius 1 is 1.25 bits per heavy atom. The van der Waals surface area contributed by atoms with Crippen LogP contribution in [0.15, 0.2) is 41.9 Å². The number of carbonyl (C=O) groups is 1. The topological polar surface area (TPSA) is 62.2 Å². The number of amides is 1. The van der Waals surface area contributed by atoms with Crippen molar-refractivity contribution in [3.05, 3.63) is 53.3 Å². The molecular formula is C14H9FN2O2S. The second kappa shape index (κ2) is 4.90. The van der Waals surface area contributed by atoms with Gasteiger partial charge in [-0.2, -0.15) is 0 Å². The van der Waals surface area contributed by atoms with Crippen molar-refractivity contribution in [1.82, 2.24) is 4.98 Å². The number of rotatable bonds is 2. The van der Waals surface area contributed by atoms with E-state index in [0.29, 0.717) is 5.69 Å². The molecule has 0 atom stereocenters. The molecule has 0 saturated carbocycles. The molecule has 0 aliphatic rings. The fourth-order valence-corrected chi connectivity index (χ4v) is 2.54. The number of hydrogen-bond donors (Lipinski definition) is 2. The van der Waals surface area contributed by atoms with Crippen LogP contribution >= 0.6 is 11.3 Å². The number of carbonyl (C=O) groups excluding carboxylic acids is 1. The molecule has 3 aromatic rings. The predicted molar refractivity (Wildman–Crippen MR) is 75.6 cm³/mol. The van der Waals surface area contributed by atoms with E-state index in [1.54, 1.807) is 23.7 Å². The van der Waals surface area contributed by atoms with E-state index in [-0.39, 0.29) is 11.3 Å². The summed E-state index contributed by atoms with van der Waals surface area (Å²) in [6, 6.07) is 8.51. The van der Waals surface area contributed by atoms with Crippen LogP contribution in [0.5, 0.6) is 5.75 Å². The molecule has 0 bridgehead atoms. The van der Waals surface area contributed by atoms with Gasteiger partial charge in [0.1, 0.15) is 11.6 Å². The summed E-state index contributed by atoms with van der Waals surface area (Å²) in [7, 11) is 0. The first-order valence-corrected chi connectivity index (χ1v) is 6.64. The van der Waals surface area contributed by atoms with E-state index in [0.717, 1.165) is 28.4 Å². The summed E-state index contributed by atoms with van der Waals surface area (Å²) in [5.74, 6) is -1.40. The third kappa shape index (κ3) is 2.33. The third-order valence-electron chi connectivity index (χ3n) is 2.79. The highest BCUT2D eigenvalue weighted by Gasteiger charge is 2.12. The minimum absolute atomic E-state index is 0.102. The molecule has 0 fully saturated rings. The van der Waals surface area contributed by atoms with E-state index in [1.807, 2.05) is 0 Å². The molecule has 4 nitrogen and oxygen atoms in total. The normalized spacial score (nSPS) is 10.7. The van der Waals surface area contributed by atoms with Crippen molar-refractivity contribution in [2.24, 2.45) is 0 Å². The van der Waals surface area contributed by atoms with Crippen LogP contribution in [0.3, 0.4) is 0 Å². The second-order valence-corrected chi connectivity index (χ2v) is 5.04. The molecule has 100 valence electrons. The van der Waals surface area contributed by atoms with Crippen molar-refractivity contribution in [2.45, 2.75) is 0 Å². The number of phenolic OH excluding ortho intramolecular Hbond substituents is 1. The van der Waals surface area contributed by atoms with Gasteiger partial charge < -0.3 is 10.4 Å². The van der Waals surface area contributed by atoms with Gasteiger partial charge in [-0.3, -0.25) is 4.79 Å². The molecular weight excluding hydrogens is 279 g/mol. The maximum absolute atomic E-state index is 13.1. The number of hydrogen-bond acceptors (Lipinski definition) is 4. The maximum Gasteiger partial charge on any atom is 0.259 e. The number of anilines is 1. The van der Waals surface area contributed by atoms with E-state index in [1.165, 1.54) is 11.3 Å². The molecule has 3 rings (SSSR count). The number of aromatic hydroxyl groups is 1. The Morgan fingerprint density at radius 3 is 2.95 bits per heavy atom. The summed E-state index contributed by atoms with van der Waals surface area (Å²) in [5.41, 5.74) is 3.03. The van der Waals surface area contributed by atoms with Crippen molar-refractivity contribution in [1.29, 1.82) is 0 Å². The van der Waals surface area contributed by atoms with Gasteiger partial charge in [-0.05, 0) is 36.4 Å². The molecule has 1 heterocycles. The molecule has 2 aromatic carbocycles. The molecule has 0 unspecified atom stereocenters. The SMILES string of the molecule is O=C(Nc1ccc2ncsc2c1)c1cc(F)ccc1O. The lowest BCUT2D eigenvalue weighted by Crippen LogP contribution is -2.12. The second-order valence-electron chi connectivity index (χ2n) is 4.15. The average Bonchev–Trinajstić information content (AvgIpc) is 2.89. The quantitative estimate of drug-likeness (QED) is 0.759. The van der Waals surface area contributed by atoms with Crippen LogP contribution in [0.2, 0.25) is 0 Å². The zero-order valence-corrected chi connectivity index (χ0v) is 10.9. The van der Waals surface area contributed by atoms with Gasteiger partial charge in [0, 0.05) is 5.69 Å². The van der Waals surface area contributed by atoms with Crippen molar-refractivity contribution in [3.8, 4) is 5.75 Å². The van der Waals surface area contributed by atoms with E-state index in [2.05, 4.69) is 10.3 Å². The van der Waals surface area contributed by atoms with Crippen molar-refractivity contribution < 1.29 is 14.3 Å². The Hall–Kier alpha value is -2.47. The Labute approximate surface area is 117 Å². The van der Waals surface area contributed by atoms with Crippen LogP contribution in [0.4, 0.5) is 10.1 Å². The first-order chi connectivity index (χ1) is 9.63. The minimum Gasteiger partial charge on any atom is -0.507 e. The molecule has 0 aliphatic heterocycles. The zero-order valence-electron chi connectivity index (χ0n) is 10.1. The number of nitrogens with zero attached hydrogens (tertiary/aromatic N) is 1. The number of halogens is 1. The number of benzene rings is 2. The number of thiazole rings is 1. The van der Waals surface area contributed by atoms with Gasteiger partial charge in [0.15, 0.2) is 0 Å². The van der Waals surface area contributed by atoms with Crippen LogP contribution in [0.1, 0.15) is 10.4 Å². The van der Waals surface area contributed by atoms with Crippen LogP contribution in [-0.4, -0.2) is 16.0 Å². The molecule has 20 heavy (non-hydrogen) atoms. The Kier molecular flexibility index (Phi) is 3.08. The standard InChI is InChI=1S/C14H9FN2O2S/c15-8-1-4-12(18)10(5-8)14(19)17-9-2-3-11-13(6-9)20-7-16-11/h1-7,18H,(H,17,19). The molecule has 6 heteroatoms. The van der Waals surface area contributed by atoms with Crippen molar-refractivity contribution in [2.75, 3.05) is 5.32 Å². The monoisotopic (exact) mass is 288 g/mol. The molecule has 2 N–H and O–H groups in total. The number of phenols is 1. The molecule has 1 amide bonds. The maximum atomic E-state index is 13.1. The molecule has 1 aromatic heterocycles. The van der Waals surface area contributed by atoms with Crippen LogP contribution in [0.25, 0.3) is 10.2 Å². The summed E-state index contributed by atoms with van der Waals surface area (Å²) in [6.45, 7) is 0. The highest BCUT2D eigenvalue weighted by atomic mass is 32.1. The molecule has 0 radical (unpaired) electrons. The zero-order chi connectivity index (χ0) is 14.1. The first kappa shape index (κ1) is 12.6. The summed E-state index contributed by atoms with van der Waals surface area (Å²) in [5, 5.41) is 12.2. The fourth-order valence-electron chi connectivity index (χ4n) is 1.82. The van der Waals surface area contributed by atoms with Gasteiger partial charge >= 0.3 is 0 Å². The lowest BCUT2D eigenvalue weighted by atomic mass is 10.1. The third-order valence-corrected chi connectivity index (χ3v) is 3.58. The Bertz CT molecular complexity index is 801. The predicted octanol–water partition coefficient (Wildman–Crippen LogP) is 3.39. The minimum atomic E-state index is -0.578. The van der Waals surface area contributed by atoms with Crippen LogP contribution < -0.4 is 5.32 Å². The number of aromatic nitrogens is 1. The summed E-state index contributed by atoms with van der Waals surface area (Å²) in [4.78, 5) is 16.2. The van der Waals surface area contributed by atoms with Crippen molar-refractivity contribution >= 4 is 33.1 Å². The van der Waals surface area contributed by atoms with Gasteiger partial charge in [0.25, 0.3) is 5.91 Å². The van der Waals surface area contributed by atoms with Crippen LogP contribution in [-0.2, 0) is 0 Å².